The van der Waals surface area contributed by atoms with Gasteiger partial charge in [0, 0.05) is 11.5 Å². The lowest BCUT2D eigenvalue weighted by atomic mass is 10.1. The summed E-state index contributed by atoms with van der Waals surface area (Å²) in [6.07, 6.45) is 0. The number of nitrogens with one attached hydrogen (secondary N) is 1. The van der Waals surface area contributed by atoms with Gasteiger partial charge in [0.05, 0.1) is 18.2 Å². The molecule has 0 saturated carbocycles. The minimum atomic E-state index is -0.562. The molecule has 0 saturated heterocycles. The molecule has 0 aliphatic rings. The van der Waals surface area contributed by atoms with Crippen LogP contribution >= 0.6 is 0 Å². The highest BCUT2D eigenvalue weighted by Gasteiger charge is 2.14. The molecule has 2 N–H and O–H groups in total. The van der Waals surface area contributed by atoms with Crippen molar-refractivity contribution < 1.29 is 23.4 Å². The Balaban J connectivity index is 1.46. The fourth-order valence-corrected chi connectivity index (χ4v) is 3.32. The van der Waals surface area contributed by atoms with Gasteiger partial charge in [-0.3, -0.25) is 4.79 Å². The molecule has 4 rings (SSSR count). The molecular formula is C25H20FNO5. The minimum Gasteiger partial charge on any atom is -0.484 e. The quantitative estimate of drug-likeness (QED) is 0.433. The Morgan fingerprint density at radius 1 is 1.03 bits per heavy atom. The molecule has 1 heterocycles. The van der Waals surface area contributed by atoms with Gasteiger partial charge >= 0.3 is 5.63 Å². The van der Waals surface area contributed by atoms with Crippen LogP contribution in [-0.2, 0) is 4.79 Å². The van der Waals surface area contributed by atoms with Crippen LogP contribution in [0.25, 0.3) is 22.1 Å². The Hall–Kier alpha value is -3.97. The lowest BCUT2D eigenvalue weighted by molar-refractivity contribution is -0.124. The fourth-order valence-electron chi connectivity index (χ4n) is 3.32. The highest BCUT2D eigenvalue weighted by Crippen LogP contribution is 2.24. The number of rotatable bonds is 7. The SMILES string of the molecule is O=C(COc1ccc2cc(-c3ccc(F)cc3)c(=O)oc2c1)NC(CO)c1ccccc1. The summed E-state index contributed by atoms with van der Waals surface area (Å²) in [5.74, 6) is -0.439. The van der Waals surface area contributed by atoms with Gasteiger partial charge in [-0.05, 0) is 41.5 Å². The predicted octanol–water partition coefficient (Wildman–Crippen LogP) is 3.83. The number of carbonyl (C=O) groups is 1. The number of amides is 1. The molecule has 32 heavy (non-hydrogen) atoms. The van der Waals surface area contributed by atoms with Gasteiger partial charge < -0.3 is 19.6 Å². The van der Waals surface area contributed by atoms with E-state index in [0.717, 1.165) is 5.56 Å². The van der Waals surface area contributed by atoms with Crippen molar-refractivity contribution in [2.24, 2.45) is 0 Å². The average molecular weight is 433 g/mol. The molecule has 1 unspecified atom stereocenters. The van der Waals surface area contributed by atoms with Crippen molar-refractivity contribution in [1.29, 1.82) is 0 Å². The summed E-state index contributed by atoms with van der Waals surface area (Å²) in [5.41, 5.74) is 1.40. The number of aliphatic hydroxyl groups is 1. The summed E-state index contributed by atoms with van der Waals surface area (Å²) in [5, 5.41) is 12.9. The van der Waals surface area contributed by atoms with E-state index >= 15 is 0 Å². The zero-order valence-corrected chi connectivity index (χ0v) is 17.0. The normalized spacial score (nSPS) is 11.8. The number of hydrogen-bond acceptors (Lipinski definition) is 5. The monoisotopic (exact) mass is 433 g/mol. The first kappa shape index (κ1) is 21.3. The van der Waals surface area contributed by atoms with E-state index in [1.807, 2.05) is 30.3 Å². The van der Waals surface area contributed by atoms with E-state index in [1.54, 1.807) is 18.2 Å². The van der Waals surface area contributed by atoms with Crippen molar-refractivity contribution in [2.75, 3.05) is 13.2 Å². The van der Waals surface area contributed by atoms with Crippen LogP contribution in [0.2, 0.25) is 0 Å². The second-order valence-corrected chi connectivity index (χ2v) is 7.16. The van der Waals surface area contributed by atoms with Crippen LogP contribution in [0.5, 0.6) is 5.75 Å². The Kier molecular flexibility index (Phi) is 6.28. The van der Waals surface area contributed by atoms with Crippen molar-refractivity contribution in [3.05, 3.63) is 101 Å². The van der Waals surface area contributed by atoms with E-state index in [9.17, 15) is 19.1 Å². The minimum absolute atomic E-state index is 0.243. The molecule has 1 aromatic heterocycles. The van der Waals surface area contributed by atoms with Gasteiger partial charge in [0.25, 0.3) is 5.91 Å². The van der Waals surface area contributed by atoms with Gasteiger partial charge in [-0.2, -0.15) is 0 Å². The molecule has 1 atom stereocenters. The summed E-state index contributed by atoms with van der Waals surface area (Å²) in [7, 11) is 0. The summed E-state index contributed by atoms with van der Waals surface area (Å²) in [6.45, 7) is -0.514. The third-order valence-electron chi connectivity index (χ3n) is 4.95. The average Bonchev–Trinajstić information content (AvgIpc) is 2.82. The summed E-state index contributed by atoms with van der Waals surface area (Å²) < 4.78 is 24.1. The van der Waals surface area contributed by atoms with Crippen LogP contribution in [0.1, 0.15) is 11.6 Å². The number of benzene rings is 3. The van der Waals surface area contributed by atoms with Crippen molar-refractivity contribution in [1.82, 2.24) is 5.32 Å². The first-order valence-corrected chi connectivity index (χ1v) is 9.95. The molecule has 1 amide bonds. The van der Waals surface area contributed by atoms with Gasteiger partial charge in [-0.15, -0.1) is 0 Å². The smallest absolute Gasteiger partial charge is 0.344 e. The maximum Gasteiger partial charge on any atom is 0.344 e. The molecule has 3 aromatic carbocycles. The number of carbonyl (C=O) groups excluding carboxylic acids is 1. The standard InChI is InChI=1S/C25H20FNO5/c26-19-9-6-16(7-10-19)21-12-18-8-11-20(13-23(18)32-25(21)30)31-15-24(29)27-22(14-28)17-4-2-1-3-5-17/h1-13,22,28H,14-15H2,(H,27,29). The van der Waals surface area contributed by atoms with E-state index in [0.29, 0.717) is 27.8 Å². The van der Waals surface area contributed by atoms with Gasteiger partial charge in [0.2, 0.25) is 0 Å². The van der Waals surface area contributed by atoms with Crippen LogP contribution in [0.15, 0.2) is 88.1 Å². The second-order valence-electron chi connectivity index (χ2n) is 7.16. The van der Waals surface area contributed by atoms with E-state index in [1.165, 1.54) is 30.3 Å². The zero-order chi connectivity index (χ0) is 22.5. The lowest BCUT2D eigenvalue weighted by Gasteiger charge is -2.17. The van der Waals surface area contributed by atoms with Crippen LogP contribution in [0.3, 0.4) is 0 Å². The number of fused-ring (bicyclic) bond motifs is 1. The highest BCUT2D eigenvalue weighted by molar-refractivity contribution is 5.83. The molecule has 0 radical (unpaired) electrons. The molecule has 0 spiro atoms. The van der Waals surface area contributed by atoms with Crippen LogP contribution in [0, 0.1) is 5.82 Å². The largest absolute Gasteiger partial charge is 0.484 e. The number of hydrogen-bond donors (Lipinski definition) is 2. The fraction of sp³-hybridized carbons (Fsp3) is 0.120. The van der Waals surface area contributed by atoms with Crippen molar-refractivity contribution in [2.45, 2.75) is 6.04 Å². The van der Waals surface area contributed by atoms with Gasteiger partial charge in [-0.1, -0.05) is 42.5 Å². The van der Waals surface area contributed by atoms with E-state index in [2.05, 4.69) is 5.32 Å². The third-order valence-corrected chi connectivity index (χ3v) is 4.95. The number of aliphatic hydroxyl groups excluding tert-OH is 1. The van der Waals surface area contributed by atoms with E-state index in [-0.39, 0.29) is 19.0 Å². The first-order chi connectivity index (χ1) is 15.5. The highest BCUT2D eigenvalue weighted by atomic mass is 19.1. The number of ether oxygens (including phenoxy) is 1. The van der Waals surface area contributed by atoms with Crippen molar-refractivity contribution >= 4 is 16.9 Å². The van der Waals surface area contributed by atoms with Gasteiger partial charge in [0.1, 0.15) is 17.1 Å². The second kappa shape index (κ2) is 9.45. The summed E-state index contributed by atoms with van der Waals surface area (Å²) >= 11 is 0. The zero-order valence-electron chi connectivity index (χ0n) is 17.0. The molecule has 4 aromatic rings. The van der Waals surface area contributed by atoms with Crippen molar-refractivity contribution in [3.8, 4) is 16.9 Å². The third kappa shape index (κ3) is 4.84. The van der Waals surface area contributed by atoms with E-state index < -0.39 is 17.6 Å². The Labute approximate surface area is 182 Å². The molecule has 0 aliphatic carbocycles. The predicted molar refractivity (Wildman–Crippen MR) is 118 cm³/mol. The Morgan fingerprint density at radius 2 is 1.78 bits per heavy atom. The number of halogens is 1. The molecule has 7 heteroatoms. The molecule has 0 bridgehead atoms. The van der Waals surface area contributed by atoms with Gasteiger partial charge in [0.15, 0.2) is 6.61 Å². The molecule has 6 nitrogen and oxygen atoms in total. The molecule has 0 aliphatic heterocycles. The van der Waals surface area contributed by atoms with Crippen LogP contribution in [-0.4, -0.2) is 24.2 Å². The Bertz CT molecular complexity index is 1290. The molecule has 0 fully saturated rings. The summed E-state index contributed by atoms with van der Waals surface area (Å²) in [4.78, 5) is 24.7. The van der Waals surface area contributed by atoms with Crippen molar-refractivity contribution in [3.63, 3.8) is 0 Å². The molecule has 162 valence electrons. The lowest BCUT2D eigenvalue weighted by Crippen LogP contribution is -2.34. The molecular weight excluding hydrogens is 413 g/mol. The summed E-state index contributed by atoms with van der Waals surface area (Å²) in [6, 6.07) is 20.7. The maximum atomic E-state index is 13.1. The topological polar surface area (TPSA) is 88.8 Å². The maximum absolute atomic E-state index is 13.1. The van der Waals surface area contributed by atoms with Crippen LogP contribution in [0.4, 0.5) is 4.39 Å². The van der Waals surface area contributed by atoms with Crippen LogP contribution < -0.4 is 15.7 Å². The van der Waals surface area contributed by atoms with E-state index in [4.69, 9.17) is 9.15 Å². The first-order valence-electron chi connectivity index (χ1n) is 9.95. The van der Waals surface area contributed by atoms with Gasteiger partial charge in [-0.25, -0.2) is 9.18 Å². The Morgan fingerprint density at radius 3 is 2.50 bits per heavy atom.